The number of rotatable bonds is 11. The van der Waals surface area contributed by atoms with Crippen molar-refractivity contribution < 1.29 is 4.74 Å². The molecule has 3 nitrogen and oxygen atoms in total. The van der Waals surface area contributed by atoms with Gasteiger partial charge in [-0.1, -0.05) is 25.2 Å². The summed E-state index contributed by atoms with van der Waals surface area (Å²) in [5.74, 6) is 0. The van der Waals surface area contributed by atoms with E-state index in [0.29, 0.717) is 0 Å². The van der Waals surface area contributed by atoms with Crippen LogP contribution in [0.2, 0.25) is 0 Å². The van der Waals surface area contributed by atoms with Crippen molar-refractivity contribution in [2.75, 3.05) is 54.0 Å². The van der Waals surface area contributed by atoms with Gasteiger partial charge in [-0.05, 0) is 39.4 Å². The quantitative estimate of drug-likeness (QED) is 0.423. The minimum atomic E-state index is 0.852. The molecule has 0 amide bonds. The molecule has 0 aliphatic rings. The summed E-state index contributed by atoms with van der Waals surface area (Å²) in [4.78, 5) is 4.74. The molecular formula is C16H32N2O. The number of hydrogen-bond donors (Lipinski definition) is 0. The smallest absolute Gasteiger partial charge is 0.0474 e. The van der Waals surface area contributed by atoms with E-state index in [9.17, 15) is 0 Å². The maximum absolute atomic E-state index is 5.07. The fourth-order valence-electron chi connectivity index (χ4n) is 1.83. The standard InChI is InChI=1S/C16H32N2O/c1-6-8-10-16(7-2)15-18(4)13-12-17(3)11-9-14-19-5/h7-8,10H,6,9,11-15H2,1-5H3/b10-8-,16-7+. The molecule has 0 saturated heterocycles. The van der Waals surface area contributed by atoms with Gasteiger partial charge >= 0.3 is 0 Å². The third-order valence-corrected chi connectivity index (χ3v) is 3.14. The van der Waals surface area contributed by atoms with Crippen LogP contribution < -0.4 is 0 Å². The maximum atomic E-state index is 5.07. The van der Waals surface area contributed by atoms with Crippen molar-refractivity contribution in [3.63, 3.8) is 0 Å². The van der Waals surface area contributed by atoms with Crippen LogP contribution in [0.3, 0.4) is 0 Å². The first-order chi connectivity index (χ1) is 9.13. The van der Waals surface area contributed by atoms with E-state index in [1.807, 2.05) is 0 Å². The normalized spacial score (nSPS) is 13.1. The van der Waals surface area contributed by atoms with Crippen LogP contribution in [0.1, 0.15) is 26.7 Å². The Kier molecular flexibility index (Phi) is 12.0. The number of hydrogen-bond acceptors (Lipinski definition) is 3. The number of nitrogens with zero attached hydrogens (tertiary/aromatic N) is 2. The van der Waals surface area contributed by atoms with Crippen molar-refractivity contribution >= 4 is 0 Å². The van der Waals surface area contributed by atoms with Crippen molar-refractivity contribution in [1.82, 2.24) is 9.80 Å². The van der Waals surface area contributed by atoms with E-state index >= 15 is 0 Å². The molecular weight excluding hydrogens is 236 g/mol. The molecule has 0 bridgehead atoms. The average molecular weight is 268 g/mol. The second-order valence-corrected chi connectivity index (χ2v) is 5.06. The molecule has 0 saturated carbocycles. The van der Waals surface area contributed by atoms with Gasteiger partial charge in [0.15, 0.2) is 0 Å². The molecule has 112 valence electrons. The lowest BCUT2D eigenvalue weighted by atomic mass is 10.2. The second kappa shape index (κ2) is 12.4. The van der Waals surface area contributed by atoms with Crippen LogP contribution in [0.4, 0.5) is 0 Å². The Labute approximate surface area is 119 Å². The van der Waals surface area contributed by atoms with Crippen LogP contribution >= 0.6 is 0 Å². The van der Waals surface area contributed by atoms with E-state index in [1.54, 1.807) is 7.11 Å². The van der Waals surface area contributed by atoms with E-state index in [2.05, 4.69) is 56.0 Å². The van der Waals surface area contributed by atoms with Crippen LogP contribution in [0, 0.1) is 0 Å². The monoisotopic (exact) mass is 268 g/mol. The first-order valence-corrected chi connectivity index (χ1v) is 7.31. The average Bonchev–Trinajstić information content (AvgIpc) is 2.41. The minimum Gasteiger partial charge on any atom is -0.385 e. The van der Waals surface area contributed by atoms with Gasteiger partial charge in [-0.2, -0.15) is 0 Å². The van der Waals surface area contributed by atoms with Crippen molar-refractivity contribution in [3.05, 3.63) is 23.8 Å². The van der Waals surface area contributed by atoms with Gasteiger partial charge in [-0.3, -0.25) is 0 Å². The molecule has 0 rings (SSSR count). The largest absolute Gasteiger partial charge is 0.385 e. The van der Waals surface area contributed by atoms with Crippen molar-refractivity contribution in [3.8, 4) is 0 Å². The van der Waals surface area contributed by atoms with Gasteiger partial charge in [0.2, 0.25) is 0 Å². The first kappa shape index (κ1) is 18.4. The molecule has 0 N–H and O–H groups in total. The summed E-state index contributed by atoms with van der Waals surface area (Å²) >= 11 is 0. The zero-order valence-corrected chi connectivity index (χ0v) is 13.5. The molecule has 0 fully saturated rings. The lowest BCUT2D eigenvalue weighted by Gasteiger charge is -2.22. The predicted octanol–water partition coefficient (Wildman–Crippen LogP) is 2.80. The van der Waals surface area contributed by atoms with Gasteiger partial charge < -0.3 is 14.5 Å². The first-order valence-electron chi connectivity index (χ1n) is 7.31. The highest BCUT2D eigenvalue weighted by Crippen LogP contribution is 2.01. The Morgan fingerprint density at radius 2 is 1.79 bits per heavy atom. The topological polar surface area (TPSA) is 15.7 Å². The molecule has 19 heavy (non-hydrogen) atoms. The Bertz CT molecular complexity index is 261. The summed E-state index contributed by atoms with van der Waals surface area (Å²) in [6.07, 6.45) is 8.86. The number of allylic oxidation sites excluding steroid dienone is 2. The summed E-state index contributed by atoms with van der Waals surface area (Å²) in [6, 6.07) is 0. The van der Waals surface area contributed by atoms with E-state index < -0.39 is 0 Å². The Hall–Kier alpha value is -0.640. The third-order valence-electron chi connectivity index (χ3n) is 3.14. The van der Waals surface area contributed by atoms with Crippen molar-refractivity contribution in [1.29, 1.82) is 0 Å². The van der Waals surface area contributed by atoms with Crippen LogP contribution in [0.5, 0.6) is 0 Å². The highest BCUT2D eigenvalue weighted by molar-refractivity contribution is 5.19. The predicted molar refractivity (Wildman–Crippen MR) is 84.7 cm³/mol. The lowest BCUT2D eigenvalue weighted by molar-refractivity contribution is 0.175. The molecule has 3 heteroatoms. The van der Waals surface area contributed by atoms with Gasteiger partial charge in [-0.15, -0.1) is 0 Å². The lowest BCUT2D eigenvalue weighted by Crippen LogP contribution is -2.32. The van der Waals surface area contributed by atoms with Gasteiger partial charge in [0.25, 0.3) is 0 Å². The third kappa shape index (κ3) is 10.9. The minimum absolute atomic E-state index is 0.852. The summed E-state index contributed by atoms with van der Waals surface area (Å²) in [7, 11) is 6.12. The van der Waals surface area contributed by atoms with E-state index in [-0.39, 0.29) is 0 Å². The fraction of sp³-hybridized carbons (Fsp3) is 0.750. The molecule has 0 spiro atoms. The molecule has 0 atom stereocenters. The zero-order valence-electron chi connectivity index (χ0n) is 13.5. The summed E-state index contributed by atoms with van der Waals surface area (Å²) in [5.41, 5.74) is 1.39. The van der Waals surface area contributed by atoms with Gasteiger partial charge in [0, 0.05) is 39.9 Å². The molecule has 0 aromatic rings. The summed E-state index contributed by atoms with van der Waals surface area (Å²) in [6.45, 7) is 9.47. The van der Waals surface area contributed by atoms with Gasteiger partial charge in [0.1, 0.15) is 0 Å². The summed E-state index contributed by atoms with van der Waals surface area (Å²) in [5, 5.41) is 0. The molecule has 0 radical (unpaired) electrons. The van der Waals surface area contributed by atoms with Crippen LogP contribution in [-0.2, 0) is 4.74 Å². The fourth-order valence-corrected chi connectivity index (χ4v) is 1.83. The number of likely N-dealkylation sites (N-methyl/N-ethyl adjacent to an activating group) is 2. The summed E-state index contributed by atoms with van der Waals surface area (Å²) < 4.78 is 5.07. The van der Waals surface area contributed by atoms with Crippen LogP contribution in [-0.4, -0.2) is 63.8 Å². The highest BCUT2D eigenvalue weighted by atomic mass is 16.5. The molecule has 0 unspecified atom stereocenters. The van der Waals surface area contributed by atoms with Gasteiger partial charge in [-0.25, -0.2) is 0 Å². The zero-order chi connectivity index (χ0) is 14.5. The van der Waals surface area contributed by atoms with E-state index in [0.717, 1.165) is 45.6 Å². The molecule has 0 aromatic carbocycles. The second-order valence-electron chi connectivity index (χ2n) is 5.06. The Balaban J connectivity index is 3.84. The van der Waals surface area contributed by atoms with Crippen LogP contribution in [0.15, 0.2) is 23.8 Å². The van der Waals surface area contributed by atoms with Crippen LogP contribution in [0.25, 0.3) is 0 Å². The molecule has 0 aromatic heterocycles. The van der Waals surface area contributed by atoms with E-state index in [1.165, 1.54) is 5.57 Å². The SMILES string of the molecule is C/C=C(\C=C/CC)CN(C)CCN(C)CCCOC. The Morgan fingerprint density at radius 1 is 1.11 bits per heavy atom. The number of ether oxygens (including phenoxy) is 1. The maximum Gasteiger partial charge on any atom is 0.0474 e. The highest BCUT2D eigenvalue weighted by Gasteiger charge is 2.03. The van der Waals surface area contributed by atoms with Crippen molar-refractivity contribution in [2.24, 2.45) is 0 Å². The number of methoxy groups -OCH3 is 1. The van der Waals surface area contributed by atoms with Gasteiger partial charge in [0.05, 0.1) is 0 Å². The Morgan fingerprint density at radius 3 is 2.37 bits per heavy atom. The molecule has 0 aliphatic heterocycles. The van der Waals surface area contributed by atoms with E-state index in [4.69, 9.17) is 4.74 Å². The molecule has 0 aliphatic carbocycles. The molecule has 0 heterocycles. The van der Waals surface area contributed by atoms with Crippen molar-refractivity contribution in [2.45, 2.75) is 26.7 Å².